The minimum atomic E-state index is 0.207. The van der Waals surface area contributed by atoms with Gasteiger partial charge in [0.05, 0.1) is 12.7 Å². The highest BCUT2D eigenvalue weighted by Gasteiger charge is 2.31. The lowest BCUT2D eigenvalue weighted by molar-refractivity contribution is -0.129. The summed E-state index contributed by atoms with van der Waals surface area (Å²) < 4.78 is 0. The number of hydrogen-bond acceptors (Lipinski definition) is 2. The Morgan fingerprint density at radius 2 is 2.23 bits per heavy atom. The number of carbonyl (C=O) groups excluding carboxylic acids is 1. The highest BCUT2D eigenvalue weighted by Crippen LogP contribution is 2.23. The third-order valence-corrected chi connectivity index (χ3v) is 2.89. The number of rotatable bonds is 3. The first kappa shape index (κ1) is 10.5. The molecule has 1 aliphatic rings. The largest absolute Gasteiger partial charge is 0.326 e. The molecule has 13 heavy (non-hydrogen) atoms. The van der Waals surface area contributed by atoms with Gasteiger partial charge in [-0.2, -0.15) is 0 Å². The quantitative estimate of drug-likeness (QED) is 0.715. The molecule has 0 spiro atoms. The van der Waals surface area contributed by atoms with Gasteiger partial charge in [-0.05, 0) is 18.8 Å². The van der Waals surface area contributed by atoms with E-state index in [9.17, 15) is 4.79 Å². The fraction of sp³-hybridized carbons (Fsp3) is 0.900. The van der Waals surface area contributed by atoms with Crippen LogP contribution in [-0.4, -0.2) is 30.1 Å². The molecule has 0 aromatic rings. The normalized spacial score (nSPS) is 24.2. The van der Waals surface area contributed by atoms with Crippen molar-refractivity contribution in [2.45, 2.75) is 40.3 Å². The van der Waals surface area contributed by atoms with E-state index in [0.29, 0.717) is 6.54 Å². The maximum Gasteiger partial charge on any atom is 0.237 e. The highest BCUT2D eigenvalue weighted by atomic mass is 16.2. The average molecular weight is 184 g/mol. The molecule has 0 aliphatic carbocycles. The van der Waals surface area contributed by atoms with Crippen LogP contribution in [-0.2, 0) is 4.79 Å². The van der Waals surface area contributed by atoms with Crippen LogP contribution in [0.2, 0.25) is 0 Å². The molecule has 0 saturated carbocycles. The highest BCUT2D eigenvalue weighted by molar-refractivity contribution is 5.80. The molecule has 1 fully saturated rings. The Balaban J connectivity index is 2.57. The van der Waals surface area contributed by atoms with Crippen LogP contribution in [0.3, 0.4) is 0 Å². The van der Waals surface area contributed by atoms with Gasteiger partial charge in [0, 0.05) is 6.54 Å². The summed E-state index contributed by atoms with van der Waals surface area (Å²) in [5.74, 6) is 0.231. The lowest BCUT2D eigenvalue weighted by Crippen LogP contribution is -2.41. The second kappa shape index (κ2) is 3.66. The summed E-state index contributed by atoms with van der Waals surface area (Å²) in [7, 11) is 0. The Morgan fingerprint density at radius 1 is 1.62 bits per heavy atom. The summed E-state index contributed by atoms with van der Waals surface area (Å²) in [6, 6.07) is 0. The van der Waals surface area contributed by atoms with Gasteiger partial charge in [0.25, 0.3) is 0 Å². The smallest absolute Gasteiger partial charge is 0.237 e. The van der Waals surface area contributed by atoms with Gasteiger partial charge in [-0.15, -0.1) is 0 Å². The Hall–Kier alpha value is -0.570. The van der Waals surface area contributed by atoms with Crippen LogP contribution in [0, 0.1) is 5.41 Å². The van der Waals surface area contributed by atoms with Crippen LogP contribution < -0.4 is 5.32 Å². The molecule has 0 aromatic carbocycles. The zero-order chi connectivity index (χ0) is 10.1. The number of hydrogen-bond donors (Lipinski definition) is 1. The molecule has 0 radical (unpaired) electrons. The Labute approximate surface area is 80.5 Å². The third kappa shape index (κ3) is 2.44. The SMILES string of the molecule is CCC(C)(C)CN1C(=O)CNC1C. The lowest BCUT2D eigenvalue weighted by atomic mass is 9.89. The van der Waals surface area contributed by atoms with E-state index in [1.165, 1.54) is 0 Å². The van der Waals surface area contributed by atoms with Crippen molar-refractivity contribution in [3.05, 3.63) is 0 Å². The third-order valence-electron chi connectivity index (χ3n) is 2.89. The number of amides is 1. The summed E-state index contributed by atoms with van der Waals surface area (Å²) in [5.41, 5.74) is 0.232. The standard InChI is InChI=1S/C10H20N2O/c1-5-10(3,4)7-12-8(2)11-6-9(12)13/h8,11H,5-7H2,1-4H3. The van der Waals surface area contributed by atoms with Crippen molar-refractivity contribution < 1.29 is 4.79 Å². The summed E-state index contributed by atoms with van der Waals surface area (Å²) in [6.45, 7) is 9.96. The summed E-state index contributed by atoms with van der Waals surface area (Å²) in [4.78, 5) is 13.4. The first-order chi connectivity index (χ1) is 5.96. The van der Waals surface area contributed by atoms with E-state index >= 15 is 0 Å². The van der Waals surface area contributed by atoms with Gasteiger partial charge in [-0.25, -0.2) is 0 Å². The van der Waals surface area contributed by atoms with Gasteiger partial charge in [0.1, 0.15) is 0 Å². The molecule has 1 heterocycles. The summed E-state index contributed by atoms with van der Waals surface area (Å²) >= 11 is 0. The molecule has 76 valence electrons. The van der Waals surface area contributed by atoms with Gasteiger partial charge in [0.15, 0.2) is 0 Å². The van der Waals surface area contributed by atoms with Crippen LogP contribution in [0.25, 0.3) is 0 Å². The van der Waals surface area contributed by atoms with Gasteiger partial charge < -0.3 is 4.90 Å². The van der Waals surface area contributed by atoms with Gasteiger partial charge in [-0.3, -0.25) is 10.1 Å². The molecule has 1 rings (SSSR count). The van der Waals surface area contributed by atoms with Crippen molar-refractivity contribution in [2.75, 3.05) is 13.1 Å². The van der Waals surface area contributed by atoms with E-state index in [2.05, 4.69) is 26.1 Å². The zero-order valence-corrected chi connectivity index (χ0v) is 9.05. The molecule has 0 bridgehead atoms. The molecule has 1 N–H and O–H groups in total. The summed E-state index contributed by atoms with van der Waals surface area (Å²) in [5, 5.41) is 3.14. The van der Waals surface area contributed by atoms with Crippen molar-refractivity contribution in [2.24, 2.45) is 5.41 Å². The van der Waals surface area contributed by atoms with Gasteiger partial charge in [0.2, 0.25) is 5.91 Å². The van der Waals surface area contributed by atoms with E-state index in [1.807, 2.05) is 11.8 Å². The van der Waals surface area contributed by atoms with Crippen LogP contribution in [0.5, 0.6) is 0 Å². The van der Waals surface area contributed by atoms with Crippen LogP contribution in [0.4, 0.5) is 0 Å². The second-order valence-electron chi connectivity index (χ2n) is 4.60. The monoisotopic (exact) mass is 184 g/mol. The minimum Gasteiger partial charge on any atom is -0.326 e. The van der Waals surface area contributed by atoms with Crippen molar-refractivity contribution >= 4 is 5.91 Å². The Morgan fingerprint density at radius 3 is 2.62 bits per heavy atom. The van der Waals surface area contributed by atoms with Gasteiger partial charge in [-0.1, -0.05) is 20.8 Å². The zero-order valence-electron chi connectivity index (χ0n) is 9.05. The van der Waals surface area contributed by atoms with E-state index in [-0.39, 0.29) is 17.5 Å². The Bertz CT molecular complexity index is 201. The second-order valence-corrected chi connectivity index (χ2v) is 4.60. The number of nitrogens with zero attached hydrogens (tertiary/aromatic N) is 1. The number of nitrogens with one attached hydrogen (secondary N) is 1. The van der Waals surface area contributed by atoms with Crippen molar-refractivity contribution in [1.82, 2.24) is 10.2 Å². The van der Waals surface area contributed by atoms with Crippen LogP contribution >= 0.6 is 0 Å². The minimum absolute atomic E-state index is 0.207. The fourth-order valence-electron chi connectivity index (χ4n) is 1.46. The predicted molar refractivity (Wildman–Crippen MR) is 53.2 cm³/mol. The molecule has 1 amide bonds. The number of carbonyl (C=O) groups is 1. The van der Waals surface area contributed by atoms with Crippen molar-refractivity contribution in [3.63, 3.8) is 0 Å². The topological polar surface area (TPSA) is 32.3 Å². The Kier molecular flexibility index (Phi) is 2.96. The molecule has 3 nitrogen and oxygen atoms in total. The molecule has 1 atom stereocenters. The first-order valence-corrected chi connectivity index (χ1v) is 4.99. The van der Waals surface area contributed by atoms with E-state index < -0.39 is 0 Å². The lowest BCUT2D eigenvalue weighted by Gasteiger charge is -2.31. The molecule has 3 heteroatoms. The molecule has 1 unspecified atom stereocenters. The van der Waals surface area contributed by atoms with Crippen LogP contribution in [0.1, 0.15) is 34.1 Å². The predicted octanol–water partition coefficient (Wildman–Crippen LogP) is 1.20. The maximum absolute atomic E-state index is 11.4. The van der Waals surface area contributed by atoms with Crippen molar-refractivity contribution in [3.8, 4) is 0 Å². The van der Waals surface area contributed by atoms with E-state index in [1.54, 1.807) is 0 Å². The maximum atomic E-state index is 11.4. The van der Waals surface area contributed by atoms with Crippen molar-refractivity contribution in [1.29, 1.82) is 0 Å². The fourth-order valence-corrected chi connectivity index (χ4v) is 1.46. The van der Waals surface area contributed by atoms with Gasteiger partial charge >= 0.3 is 0 Å². The molecule has 1 aliphatic heterocycles. The average Bonchev–Trinajstić information content (AvgIpc) is 2.36. The van der Waals surface area contributed by atoms with E-state index in [0.717, 1.165) is 13.0 Å². The molecular weight excluding hydrogens is 164 g/mol. The molecule has 0 aromatic heterocycles. The first-order valence-electron chi connectivity index (χ1n) is 4.99. The summed E-state index contributed by atoms with van der Waals surface area (Å²) in [6.07, 6.45) is 1.31. The molecular formula is C10H20N2O. The van der Waals surface area contributed by atoms with E-state index in [4.69, 9.17) is 0 Å². The molecule has 1 saturated heterocycles. The van der Waals surface area contributed by atoms with Crippen LogP contribution in [0.15, 0.2) is 0 Å².